The zero-order valence-corrected chi connectivity index (χ0v) is 12.0. The molecule has 0 bridgehead atoms. The van der Waals surface area contributed by atoms with E-state index < -0.39 is 5.91 Å². The summed E-state index contributed by atoms with van der Waals surface area (Å²) < 4.78 is 0. The van der Waals surface area contributed by atoms with E-state index in [9.17, 15) is 9.59 Å². The highest BCUT2D eigenvalue weighted by atomic mass is 35.5. The van der Waals surface area contributed by atoms with Gasteiger partial charge in [-0.1, -0.05) is 23.7 Å². The summed E-state index contributed by atoms with van der Waals surface area (Å²) in [6, 6.07) is 5.22. The molecule has 1 aromatic carbocycles. The Labute approximate surface area is 120 Å². The Hall–Kier alpha value is -2.05. The molecule has 0 aliphatic heterocycles. The lowest BCUT2D eigenvalue weighted by molar-refractivity contribution is -0.114. The average Bonchev–Trinajstić information content (AvgIpc) is 2.77. The molecule has 2 aromatic rings. The zero-order chi connectivity index (χ0) is 14.9. The number of hydroxylamine groups is 2. The SMILES string of the molecule is CON(C)C(=O)c1[nH]c2c(Cl)cccc2c1NC(C)=O. The van der Waals surface area contributed by atoms with Crippen molar-refractivity contribution in [1.82, 2.24) is 10.0 Å². The van der Waals surface area contributed by atoms with Crippen LogP contribution < -0.4 is 5.32 Å². The number of nitrogens with zero attached hydrogens (tertiary/aromatic N) is 1. The van der Waals surface area contributed by atoms with Gasteiger partial charge in [-0.25, -0.2) is 5.06 Å². The molecule has 7 heteroatoms. The molecule has 0 atom stereocenters. The minimum absolute atomic E-state index is 0.215. The van der Waals surface area contributed by atoms with Crippen LogP contribution >= 0.6 is 11.6 Å². The van der Waals surface area contributed by atoms with E-state index in [1.807, 2.05) is 0 Å². The van der Waals surface area contributed by atoms with Crippen LogP contribution in [-0.2, 0) is 9.63 Å². The summed E-state index contributed by atoms with van der Waals surface area (Å²) in [4.78, 5) is 31.4. The molecular formula is C13H14ClN3O3. The molecule has 0 aliphatic rings. The van der Waals surface area contributed by atoms with Gasteiger partial charge in [-0.2, -0.15) is 0 Å². The summed E-state index contributed by atoms with van der Waals surface area (Å²) in [6.07, 6.45) is 0. The van der Waals surface area contributed by atoms with Crippen molar-refractivity contribution in [1.29, 1.82) is 0 Å². The Kier molecular flexibility index (Phi) is 3.96. The molecule has 0 spiro atoms. The quantitative estimate of drug-likeness (QED) is 0.854. The molecule has 6 nitrogen and oxygen atoms in total. The van der Waals surface area contributed by atoms with Crippen LogP contribution in [0.1, 0.15) is 17.4 Å². The molecule has 0 saturated carbocycles. The zero-order valence-electron chi connectivity index (χ0n) is 11.3. The maximum Gasteiger partial charge on any atom is 0.295 e. The van der Waals surface area contributed by atoms with Crippen LogP contribution in [0.5, 0.6) is 0 Å². The second-order valence-electron chi connectivity index (χ2n) is 4.20. The third-order valence-electron chi connectivity index (χ3n) is 2.86. The van der Waals surface area contributed by atoms with E-state index in [0.717, 1.165) is 5.06 Å². The number of rotatable bonds is 3. The van der Waals surface area contributed by atoms with Gasteiger partial charge in [-0.3, -0.25) is 14.4 Å². The van der Waals surface area contributed by atoms with Gasteiger partial charge in [-0.15, -0.1) is 0 Å². The first kappa shape index (κ1) is 14.4. The number of fused-ring (bicyclic) bond motifs is 1. The number of nitrogens with one attached hydrogen (secondary N) is 2. The minimum atomic E-state index is -0.413. The monoisotopic (exact) mass is 295 g/mol. The van der Waals surface area contributed by atoms with E-state index in [2.05, 4.69) is 10.3 Å². The summed E-state index contributed by atoms with van der Waals surface area (Å²) in [6.45, 7) is 1.37. The highest BCUT2D eigenvalue weighted by Crippen LogP contribution is 2.32. The van der Waals surface area contributed by atoms with Gasteiger partial charge in [0.25, 0.3) is 5.91 Å². The summed E-state index contributed by atoms with van der Waals surface area (Å²) in [7, 11) is 2.86. The number of hydrogen-bond donors (Lipinski definition) is 2. The first-order valence-corrected chi connectivity index (χ1v) is 6.23. The molecule has 20 heavy (non-hydrogen) atoms. The Morgan fingerprint density at radius 3 is 2.70 bits per heavy atom. The van der Waals surface area contributed by atoms with Gasteiger partial charge in [0.2, 0.25) is 5.91 Å². The van der Waals surface area contributed by atoms with Crippen molar-refractivity contribution < 1.29 is 14.4 Å². The van der Waals surface area contributed by atoms with Gasteiger partial charge < -0.3 is 10.3 Å². The highest BCUT2D eigenvalue weighted by Gasteiger charge is 2.22. The largest absolute Gasteiger partial charge is 0.347 e. The lowest BCUT2D eigenvalue weighted by Gasteiger charge is -2.13. The van der Waals surface area contributed by atoms with E-state index in [1.54, 1.807) is 18.2 Å². The van der Waals surface area contributed by atoms with Crippen LogP contribution in [0.4, 0.5) is 5.69 Å². The van der Waals surface area contributed by atoms with Crippen molar-refractivity contribution in [3.63, 3.8) is 0 Å². The highest BCUT2D eigenvalue weighted by molar-refractivity contribution is 6.36. The lowest BCUT2D eigenvalue weighted by atomic mass is 10.2. The van der Waals surface area contributed by atoms with Crippen LogP contribution in [0.15, 0.2) is 18.2 Å². The maximum absolute atomic E-state index is 12.2. The van der Waals surface area contributed by atoms with Crippen molar-refractivity contribution in [3.05, 3.63) is 28.9 Å². The number of anilines is 1. The maximum atomic E-state index is 12.2. The minimum Gasteiger partial charge on any atom is -0.347 e. The Morgan fingerprint density at radius 2 is 2.10 bits per heavy atom. The molecule has 0 fully saturated rings. The normalized spacial score (nSPS) is 10.6. The number of carbonyl (C=O) groups excluding carboxylic acids is 2. The van der Waals surface area contributed by atoms with E-state index >= 15 is 0 Å². The number of hydrogen-bond acceptors (Lipinski definition) is 3. The molecule has 1 aromatic heterocycles. The predicted octanol–water partition coefficient (Wildman–Crippen LogP) is 2.41. The van der Waals surface area contributed by atoms with Gasteiger partial charge in [0.05, 0.1) is 23.3 Å². The van der Waals surface area contributed by atoms with E-state index in [4.69, 9.17) is 16.4 Å². The second-order valence-corrected chi connectivity index (χ2v) is 4.61. The first-order valence-electron chi connectivity index (χ1n) is 5.85. The molecular weight excluding hydrogens is 282 g/mol. The van der Waals surface area contributed by atoms with Gasteiger partial charge >= 0.3 is 0 Å². The van der Waals surface area contributed by atoms with Crippen molar-refractivity contribution in [2.75, 3.05) is 19.5 Å². The molecule has 1 heterocycles. The Bertz CT molecular complexity index is 681. The summed E-state index contributed by atoms with van der Waals surface area (Å²) in [5, 5.41) is 4.84. The van der Waals surface area contributed by atoms with Crippen molar-refractivity contribution in [2.24, 2.45) is 0 Å². The lowest BCUT2D eigenvalue weighted by Crippen LogP contribution is -2.26. The number of H-pyrrole nitrogens is 1. The summed E-state index contributed by atoms with van der Waals surface area (Å²) in [5.74, 6) is -0.691. The number of para-hydroxylation sites is 1. The molecule has 2 amide bonds. The molecule has 2 N–H and O–H groups in total. The molecule has 0 unspecified atom stereocenters. The third-order valence-corrected chi connectivity index (χ3v) is 3.17. The fourth-order valence-electron chi connectivity index (χ4n) is 1.89. The number of carbonyl (C=O) groups is 2. The topological polar surface area (TPSA) is 74.4 Å². The number of aromatic nitrogens is 1. The van der Waals surface area contributed by atoms with Gasteiger partial charge in [0, 0.05) is 19.4 Å². The fourth-order valence-corrected chi connectivity index (χ4v) is 2.11. The molecule has 0 radical (unpaired) electrons. The summed E-state index contributed by atoms with van der Waals surface area (Å²) in [5.41, 5.74) is 1.20. The Morgan fingerprint density at radius 1 is 1.40 bits per heavy atom. The second kappa shape index (κ2) is 5.52. The van der Waals surface area contributed by atoms with Crippen molar-refractivity contribution in [2.45, 2.75) is 6.92 Å². The number of benzene rings is 1. The first-order chi connectivity index (χ1) is 9.45. The average molecular weight is 296 g/mol. The molecule has 106 valence electrons. The van der Waals surface area contributed by atoms with E-state index in [1.165, 1.54) is 21.1 Å². The molecule has 2 rings (SSSR count). The van der Waals surface area contributed by atoms with Crippen LogP contribution in [0.2, 0.25) is 5.02 Å². The Balaban J connectivity index is 2.66. The summed E-state index contributed by atoms with van der Waals surface area (Å²) >= 11 is 6.10. The smallest absolute Gasteiger partial charge is 0.295 e. The third kappa shape index (κ3) is 2.48. The number of halogens is 1. The molecule has 0 aliphatic carbocycles. The fraction of sp³-hybridized carbons (Fsp3) is 0.231. The van der Waals surface area contributed by atoms with Crippen molar-refractivity contribution >= 4 is 40.0 Å². The van der Waals surface area contributed by atoms with Crippen LogP contribution in [-0.4, -0.2) is 36.0 Å². The van der Waals surface area contributed by atoms with Gasteiger partial charge in [0.15, 0.2) is 0 Å². The predicted molar refractivity (Wildman–Crippen MR) is 76.7 cm³/mol. The standard InChI is InChI=1S/C13H14ClN3O3/c1-7(18)15-11-8-5-4-6-9(14)10(8)16-12(11)13(19)17(2)20-3/h4-6,16H,1-3H3,(H,15,18). The van der Waals surface area contributed by atoms with E-state index in [0.29, 0.717) is 21.6 Å². The van der Waals surface area contributed by atoms with E-state index in [-0.39, 0.29) is 11.6 Å². The van der Waals surface area contributed by atoms with Crippen LogP contribution in [0, 0.1) is 0 Å². The number of amides is 2. The van der Waals surface area contributed by atoms with Gasteiger partial charge in [-0.05, 0) is 6.07 Å². The van der Waals surface area contributed by atoms with Crippen molar-refractivity contribution in [3.8, 4) is 0 Å². The van der Waals surface area contributed by atoms with Gasteiger partial charge in [0.1, 0.15) is 5.69 Å². The van der Waals surface area contributed by atoms with Crippen LogP contribution in [0.3, 0.4) is 0 Å². The van der Waals surface area contributed by atoms with Crippen LogP contribution in [0.25, 0.3) is 10.9 Å². The number of aromatic amines is 1. The molecule has 0 saturated heterocycles.